The van der Waals surface area contributed by atoms with Crippen molar-refractivity contribution in [3.63, 3.8) is 0 Å². The van der Waals surface area contributed by atoms with Crippen LogP contribution in [-0.4, -0.2) is 0 Å². The van der Waals surface area contributed by atoms with Crippen molar-refractivity contribution in [2.45, 2.75) is 33.1 Å². The zero-order valence-corrected chi connectivity index (χ0v) is 11.1. The standard InChI is InChI=1S/C14H19Br/c1-3-7-12(2)8-6-10-13-9-4-5-11-14(13)15/h4-6,9-12H,3,7-8H2,1-2H3/b10-6+. The van der Waals surface area contributed by atoms with Gasteiger partial charge in [-0.1, -0.05) is 73.0 Å². The average molecular weight is 267 g/mol. The molecule has 0 aliphatic carbocycles. The molecule has 15 heavy (non-hydrogen) atoms. The quantitative estimate of drug-likeness (QED) is 0.680. The molecule has 0 fully saturated rings. The van der Waals surface area contributed by atoms with Gasteiger partial charge < -0.3 is 0 Å². The summed E-state index contributed by atoms with van der Waals surface area (Å²) in [5, 5.41) is 0. The van der Waals surface area contributed by atoms with Crippen LogP contribution in [0.25, 0.3) is 6.08 Å². The molecule has 0 saturated carbocycles. The van der Waals surface area contributed by atoms with Gasteiger partial charge in [0, 0.05) is 4.47 Å². The lowest BCUT2D eigenvalue weighted by Crippen LogP contribution is -1.90. The van der Waals surface area contributed by atoms with Crippen LogP contribution in [0.1, 0.15) is 38.7 Å². The van der Waals surface area contributed by atoms with E-state index in [1.807, 2.05) is 6.07 Å². The number of rotatable bonds is 5. The highest BCUT2D eigenvalue weighted by Crippen LogP contribution is 2.18. The Balaban J connectivity index is 2.48. The van der Waals surface area contributed by atoms with Gasteiger partial charge in [0.05, 0.1) is 0 Å². The van der Waals surface area contributed by atoms with Gasteiger partial charge in [-0.15, -0.1) is 0 Å². The second-order valence-corrected chi connectivity index (χ2v) is 4.91. The van der Waals surface area contributed by atoms with E-state index >= 15 is 0 Å². The van der Waals surface area contributed by atoms with Gasteiger partial charge in [-0.25, -0.2) is 0 Å². The fourth-order valence-electron chi connectivity index (χ4n) is 1.65. The van der Waals surface area contributed by atoms with Gasteiger partial charge >= 0.3 is 0 Å². The summed E-state index contributed by atoms with van der Waals surface area (Å²) in [5.41, 5.74) is 1.26. The Labute approximate surface area is 102 Å². The molecule has 0 nitrogen and oxygen atoms in total. The Morgan fingerprint density at radius 2 is 2.07 bits per heavy atom. The lowest BCUT2D eigenvalue weighted by atomic mass is 10.0. The van der Waals surface area contributed by atoms with Crippen molar-refractivity contribution in [3.8, 4) is 0 Å². The van der Waals surface area contributed by atoms with E-state index in [-0.39, 0.29) is 0 Å². The number of hydrogen-bond acceptors (Lipinski definition) is 0. The molecule has 1 atom stereocenters. The van der Waals surface area contributed by atoms with Crippen molar-refractivity contribution in [1.82, 2.24) is 0 Å². The first kappa shape index (κ1) is 12.5. The molecule has 0 bridgehead atoms. The summed E-state index contributed by atoms with van der Waals surface area (Å²) in [5.74, 6) is 0.800. The van der Waals surface area contributed by atoms with Crippen LogP contribution in [0.2, 0.25) is 0 Å². The first-order valence-corrected chi connectivity index (χ1v) is 6.44. The summed E-state index contributed by atoms with van der Waals surface area (Å²) < 4.78 is 1.17. The molecule has 0 N–H and O–H groups in total. The minimum absolute atomic E-state index is 0.800. The monoisotopic (exact) mass is 266 g/mol. The maximum Gasteiger partial charge on any atom is 0.0247 e. The molecular weight excluding hydrogens is 248 g/mol. The highest BCUT2D eigenvalue weighted by atomic mass is 79.9. The normalized spacial score (nSPS) is 13.3. The van der Waals surface area contributed by atoms with Crippen molar-refractivity contribution < 1.29 is 0 Å². The maximum absolute atomic E-state index is 3.54. The van der Waals surface area contributed by atoms with E-state index in [0.29, 0.717) is 0 Å². The third-order valence-corrected chi connectivity index (χ3v) is 3.24. The van der Waals surface area contributed by atoms with Gasteiger partial charge in [0.15, 0.2) is 0 Å². The smallest absolute Gasteiger partial charge is 0.0247 e. The van der Waals surface area contributed by atoms with Crippen molar-refractivity contribution in [3.05, 3.63) is 40.4 Å². The summed E-state index contributed by atoms with van der Waals surface area (Å²) in [7, 11) is 0. The molecule has 1 aromatic carbocycles. The summed E-state index contributed by atoms with van der Waals surface area (Å²) in [6.07, 6.45) is 8.26. The van der Waals surface area contributed by atoms with Crippen LogP contribution in [0.4, 0.5) is 0 Å². The van der Waals surface area contributed by atoms with Crippen molar-refractivity contribution >= 4 is 22.0 Å². The number of allylic oxidation sites excluding steroid dienone is 1. The zero-order chi connectivity index (χ0) is 11.1. The first-order valence-electron chi connectivity index (χ1n) is 5.65. The Hall–Kier alpha value is -0.560. The third kappa shape index (κ3) is 4.65. The van der Waals surface area contributed by atoms with Crippen LogP contribution in [0.5, 0.6) is 0 Å². The maximum atomic E-state index is 3.54. The molecule has 0 spiro atoms. The Bertz CT molecular complexity index is 315. The first-order chi connectivity index (χ1) is 7.24. The number of halogens is 1. The molecule has 1 aromatic rings. The van der Waals surface area contributed by atoms with Crippen LogP contribution in [0.3, 0.4) is 0 Å². The number of hydrogen-bond donors (Lipinski definition) is 0. The SMILES string of the molecule is CCCC(C)C/C=C/c1ccccc1Br. The molecule has 0 saturated heterocycles. The Morgan fingerprint density at radius 3 is 2.73 bits per heavy atom. The highest BCUT2D eigenvalue weighted by molar-refractivity contribution is 9.10. The van der Waals surface area contributed by atoms with Crippen LogP contribution in [0, 0.1) is 5.92 Å². The molecule has 1 rings (SSSR count). The predicted octanol–water partition coefficient (Wildman–Crippen LogP) is 5.29. The molecule has 82 valence electrons. The molecule has 1 heteroatoms. The number of benzene rings is 1. The average Bonchev–Trinajstić information content (AvgIpc) is 2.21. The molecule has 0 heterocycles. The molecular formula is C14H19Br. The molecule has 0 amide bonds. The fourth-order valence-corrected chi connectivity index (χ4v) is 2.07. The van der Waals surface area contributed by atoms with E-state index in [1.54, 1.807) is 0 Å². The van der Waals surface area contributed by atoms with Gasteiger partial charge in [0.2, 0.25) is 0 Å². The second kappa shape index (κ2) is 6.84. The highest BCUT2D eigenvalue weighted by Gasteiger charge is 1.97. The molecule has 0 radical (unpaired) electrons. The molecule has 0 aromatic heterocycles. The summed E-state index contributed by atoms with van der Waals surface area (Å²) in [6, 6.07) is 8.32. The molecule has 0 aliphatic heterocycles. The minimum atomic E-state index is 0.800. The van der Waals surface area contributed by atoms with E-state index in [1.165, 1.54) is 29.3 Å². The summed E-state index contributed by atoms with van der Waals surface area (Å²) in [4.78, 5) is 0. The van der Waals surface area contributed by atoms with Crippen LogP contribution >= 0.6 is 15.9 Å². The van der Waals surface area contributed by atoms with E-state index in [4.69, 9.17) is 0 Å². The largest absolute Gasteiger partial charge is 0.0836 e. The summed E-state index contributed by atoms with van der Waals surface area (Å²) >= 11 is 3.54. The third-order valence-electron chi connectivity index (χ3n) is 2.52. The van der Waals surface area contributed by atoms with E-state index < -0.39 is 0 Å². The van der Waals surface area contributed by atoms with Crippen molar-refractivity contribution in [2.75, 3.05) is 0 Å². The second-order valence-electron chi connectivity index (χ2n) is 4.05. The van der Waals surface area contributed by atoms with E-state index in [0.717, 1.165) is 5.92 Å². The van der Waals surface area contributed by atoms with Crippen LogP contribution < -0.4 is 0 Å². The topological polar surface area (TPSA) is 0 Å². The molecule has 1 unspecified atom stereocenters. The van der Waals surface area contributed by atoms with E-state index in [9.17, 15) is 0 Å². The Kier molecular flexibility index (Phi) is 5.70. The molecule has 0 aliphatic rings. The van der Waals surface area contributed by atoms with Gasteiger partial charge in [-0.2, -0.15) is 0 Å². The zero-order valence-electron chi connectivity index (χ0n) is 9.54. The van der Waals surface area contributed by atoms with Gasteiger partial charge in [-0.05, 0) is 24.0 Å². The minimum Gasteiger partial charge on any atom is -0.0836 e. The van der Waals surface area contributed by atoms with Crippen molar-refractivity contribution in [1.29, 1.82) is 0 Å². The van der Waals surface area contributed by atoms with Gasteiger partial charge in [0.1, 0.15) is 0 Å². The fraction of sp³-hybridized carbons (Fsp3) is 0.429. The summed E-state index contributed by atoms with van der Waals surface area (Å²) in [6.45, 7) is 4.56. The van der Waals surface area contributed by atoms with Gasteiger partial charge in [-0.3, -0.25) is 0 Å². The van der Waals surface area contributed by atoms with E-state index in [2.05, 4.69) is 60.1 Å². The van der Waals surface area contributed by atoms with Gasteiger partial charge in [0.25, 0.3) is 0 Å². The van der Waals surface area contributed by atoms with Crippen LogP contribution in [-0.2, 0) is 0 Å². The Morgan fingerprint density at radius 1 is 1.33 bits per heavy atom. The predicted molar refractivity (Wildman–Crippen MR) is 71.9 cm³/mol. The van der Waals surface area contributed by atoms with Crippen LogP contribution in [0.15, 0.2) is 34.8 Å². The van der Waals surface area contributed by atoms with Crippen molar-refractivity contribution in [2.24, 2.45) is 5.92 Å². The lowest BCUT2D eigenvalue weighted by Gasteiger charge is -2.05. The lowest BCUT2D eigenvalue weighted by molar-refractivity contribution is 0.533.